The van der Waals surface area contributed by atoms with Gasteiger partial charge in [-0.25, -0.2) is 13.2 Å². The van der Waals surface area contributed by atoms with E-state index in [1.807, 2.05) is 0 Å². The van der Waals surface area contributed by atoms with Crippen LogP contribution in [0.25, 0.3) is 5.57 Å². The normalized spacial score (nSPS) is 37.2. The van der Waals surface area contributed by atoms with Crippen molar-refractivity contribution >= 4 is 5.57 Å². The summed E-state index contributed by atoms with van der Waals surface area (Å²) in [5.74, 6) is 3.27. The number of halogens is 3. The number of hydrogen-bond donors (Lipinski definition) is 0. The van der Waals surface area contributed by atoms with Crippen LogP contribution < -0.4 is 0 Å². The van der Waals surface area contributed by atoms with Gasteiger partial charge in [-0.3, -0.25) is 0 Å². The second-order valence-electron chi connectivity index (χ2n) is 12.1. The van der Waals surface area contributed by atoms with Gasteiger partial charge in [-0.05, 0) is 116 Å². The largest absolute Gasteiger partial charge is 0.351 e. The topological polar surface area (TPSA) is 3.24 Å². The average Bonchev–Trinajstić information content (AvgIpc) is 3.72. The van der Waals surface area contributed by atoms with Gasteiger partial charge in [0.05, 0.1) is 5.56 Å². The Balaban J connectivity index is 1.29. The van der Waals surface area contributed by atoms with Gasteiger partial charge in [-0.1, -0.05) is 31.9 Å². The highest BCUT2D eigenvalue weighted by Crippen LogP contribution is 2.64. The Labute approximate surface area is 202 Å². The minimum atomic E-state index is -2.79. The first kappa shape index (κ1) is 22.7. The highest BCUT2D eigenvalue weighted by Gasteiger charge is 2.56. The van der Waals surface area contributed by atoms with Gasteiger partial charge >= 0.3 is 0 Å². The maximum Gasteiger partial charge on any atom is 0.266 e. The van der Waals surface area contributed by atoms with Gasteiger partial charge in [0.1, 0.15) is 5.82 Å². The number of allylic oxidation sites excluding steroid dienone is 3. The summed E-state index contributed by atoms with van der Waals surface area (Å²) >= 11 is 0. The molecule has 5 aliphatic rings. The summed E-state index contributed by atoms with van der Waals surface area (Å²) in [6.07, 6.45) is 16.0. The highest BCUT2D eigenvalue weighted by molar-refractivity contribution is 5.68. The Morgan fingerprint density at radius 1 is 1.06 bits per heavy atom. The Hall–Kier alpha value is -1.71. The van der Waals surface area contributed by atoms with Crippen LogP contribution in [0, 0.1) is 40.8 Å². The summed E-state index contributed by atoms with van der Waals surface area (Å²) in [4.78, 5) is 2.52. The zero-order valence-electron chi connectivity index (χ0n) is 20.4. The lowest BCUT2D eigenvalue weighted by molar-refractivity contribution is 0.146. The number of nitrogens with zero attached hydrogens (tertiary/aromatic N) is 1. The lowest BCUT2D eigenvalue weighted by atomic mass is 9.74. The molecule has 0 N–H and O–H groups in total. The molecule has 1 aliphatic heterocycles. The molecule has 1 aromatic rings. The zero-order valence-corrected chi connectivity index (χ0v) is 20.4. The molecule has 34 heavy (non-hydrogen) atoms. The highest BCUT2D eigenvalue weighted by atomic mass is 19.3. The molecule has 4 saturated carbocycles. The van der Waals surface area contributed by atoms with Crippen molar-refractivity contribution in [1.29, 1.82) is 0 Å². The molecule has 4 aliphatic carbocycles. The number of rotatable bonds is 5. The summed E-state index contributed by atoms with van der Waals surface area (Å²) in [6, 6.07) is 4.25. The average molecular weight is 470 g/mol. The van der Waals surface area contributed by atoms with Gasteiger partial charge < -0.3 is 4.90 Å². The Morgan fingerprint density at radius 2 is 1.82 bits per heavy atom. The van der Waals surface area contributed by atoms with Crippen LogP contribution in [-0.4, -0.2) is 11.4 Å². The van der Waals surface area contributed by atoms with Crippen LogP contribution in [0.15, 0.2) is 36.2 Å². The summed E-state index contributed by atoms with van der Waals surface area (Å²) in [5.41, 5.74) is 3.29. The molecular weight excluding hydrogens is 431 g/mol. The van der Waals surface area contributed by atoms with Gasteiger partial charge in [0.2, 0.25) is 0 Å². The number of benzene rings is 1. The van der Waals surface area contributed by atoms with Crippen molar-refractivity contribution in [1.82, 2.24) is 4.90 Å². The van der Waals surface area contributed by atoms with E-state index in [-0.39, 0.29) is 0 Å². The fourth-order valence-corrected chi connectivity index (χ4v) is 7.87. The summed E-state index contributed by atoms with van der Waals surface area (Å²) in [5, 5.41) is 0. The van der Waals surface area contributed by atoms with Crippen molar-refractivity contribution in [2.45, 2.75) is 84.0 Å². The molecule has 1 aromatic carbocycles. The molecule has 0 amide bonds. The maximum absolute atomic E-state index is 14.0. The van der Waals surface area contributed by atoms with Crippen molar-refractivity contribution in [3.63, 3.8) is 0 Å². The third-order valence-corrected chi connectivity index (χ3v) is 10.2. The second kappa shape index (κ2) is 8.75. The molecule has 1 nitrogen and oxygen atoms in total. The van der Waals surface area contributed by atoms with E-state index >= 15 is 0 Å². The van der Waals surface area contributed by atoms with Gasteiger partial charge in [0.25, 0.3) is 6.43 Å². The molecule has 1 heterocycles. The minimum Gasteiger partial charge on any atom is -0.351 e. The summed E-state index contributed by atoms with van der Waals surface area (Å²) in [6.45, 7) is 3.47. The molecular formula is C30H38F3N. The lowest BCUT2D eigenvalue weighted by Crippen LogP contribution is -2.36. The third-order valence-electron chi connectivity index (χ3n) is 10.2. The molecule has 0 radical (unpaired) electrons. The quantitative estimate of drug-likeness (QED) is 0.417. The van der Waals surface area contributed by atoms with Crippen LogP contribution >= 0.6 is 0 Å². The molecule has 5 atom stereocenters. The van der Waals surface area contributed by atoms with E-state index in [9.17, 15) is 13.2 Å². The van der Waals surface area contributed by atoms with Crippen molar-refractivity contribution in [3.8, 4) is 0 Å². The monoisotopic (exact) mass is 469 g/mol. The van der Waals surface area contributed by atoms with E-state index in [0.29, 0.717) is 17.3 Å². The summed E-state index contributed by atoms with van der Waals surface area (Å²) < 4.78 is 40.7. The van der Waals surface area contributed by atoms with Crippen LogP contribution in [0.4, 0.5) is 13.2 Å². The van der Waals surface area contributed by atoms with Crippen LogP contribution in [-0.2, 0) is 0 Å². The fourth-order valence-electron chi connectivity index (χ4n) is 7.87. The first-order valence-corrected chi connectivity index (χ1v) is 13.7. The van der Waals surface area contributed by atoms with E-state index in [2.05, 4.69) is 24.1 Å². The van der Waals surface area contributed by atoms with E-state index in [1.165, 1.54) is 82.0 Å². The van der Waals surface area contributed by atoms with E-state index in [0.717, 1.165) is 41.9 Å². The second-order valence-corrected chi connectivity index (χ2v) is 12.1. The smallest absolute Gasteiger partial charge is 0.266 e. The number of alkyl halides is 2. The predicted octanol–water partition coefficient (Wildman–Crippen LogP) is 8.74. The fraction of sp³-hybridized carbons (Fsp3) is 0.667. The van der Waals surface area contributed by atoms with Crippen LogP contribution in [0.5, 0.6) is 0 Å². The molecule has 1 spiro atoms. The van der Waals surface area contributed by atoms with Gasteiger partial charge in [-0.2, -0.15) is 0 Å². The first-order chi connectivity index (χ1) is 16.4. The standard InChI is InChI=1S/C30H38F3N/c1-19-16-30(19)13-3-2-4-25(30)18-34-17-24(23-9-11-27(31)26(15-23)29(32)33)10-12-28(34)20-5-7-21-14-22(21)8-6-20/h9,11-12,15,17,19-22,25,29H,2-8,10,13-14,16,18H2,1H3. The SMILES string of the molecule is CC1CC12CCCCC2CN1C=C(c2ccc(F)c(C(F)F)c2)CC=C1C1CCC2CC2CC1. The van der Waals surface area contributed by atoms with Gasteiger partial charge in [0, 0.05) is 18.4 Å². The lowest BCUT2D eigenvalue weighted by Gasteiger charge is -2.40. The molecule has 4 heteroatoms. The van der Waals surface area contributed by atoms with Crippen LogP contribution in [0.1, 0.15) is 95.1 Å². The molecule has 0 bridgehead atoms. The number of fused-ring (bicyclic) bond motifs is 1. The van der Waals surface area contributed by atoms with Crippen molar-refractivity contribution in [3.05, 3.63) is 53.1 Å². The number of hydrogen-bond acceptors (Lipinski definition) is 1. The van der Waals surface area contributed by atoms with Gasteiger partial charge in [-0.15, -0.1) is 0 Å². The molecule has 0 aromatic heterocycles. The van der Waals surface area contributed by atoms with Crippen LogP contribution in [0.3, 0.4) is 0 Å². The Morgan fingerprint density at radius 3 is 2.53 bits per heavy atom. The van der Waals surface area contributed by atoms with Crippen molar-refractivity contribution in [2.24, 2.45) is 35.0 Å². The molecule has 5 unspecified atom stereocenters. The third kappa shape index (κ3) is 4.13. The maximum atomic E-state index is 14.0. The van der Waals surface area contributed by atoms with E-state index in [1.54, 1.807) is 6.07 Å². The molecule has 184 valence electrons. The Bertz CT molecular complexity index is 985. The first-order valence-electron chi connectivity index (χ1n) is 13.7. The molecule has 6 rings (SSSR count). The predicted molar refractivity (Wildman–Crippen MR) is 130 cm³/mol. The molecule has 4 fully saturated rings. The van der Waals surface area contributed by atoms with E-state index < -0.39 is 17.8 Å². The Kier molecular flexibility index (Phi) is 5.85. The van der Waals surface area contributed by atoms with Gasteiger partial charge in [0.15, 0.2) is 0 Å². The zero-order chi connectivity index (χ0) is 23.4. The van der Waals surface area contributed by atoms with Crippen molar-refractivity contribution in [2.75, 3.05) is 6.54 Å². The minimum absolute atomic E-state index is 0.485. The van der Waals surface area contributed by atoms with E-state index in [4.69, 9.17) is 0 Å². The van der Waals surface area contributed by atoms with Crippen molar-refractivity contribution < 1.29 is 13.2 Å². The van der Waals surface area contributed by atoms with Crippen LogP contribution in [0.2, 0.25) is 0 Å². The molecule has 0 saturated heterocycles. The summed E-state index contributed by atoms with van der Waals surface area (Å²) in [7, 11) is 0.